The van der Waals surface area contributed by atoms with Crippen molar-refractivity contribution in [2.24, 2.45) is 4.99 Å². The van der Waals surface area contributed by atoms with Gasteiger partial charge < -0.3 is 15.1 Å². The van der Waals surface area contributed by atoms with Gasteiger partial charge in [0.25, 0.3) is 0 Å². The van der Waals surface area contributed by atoms with Gasteiger partial charge in [-0.15, -0.1) is 24.0 Å². The summed E-state index contributed by atoms with van der Waals surface area (Å²) in [5, 5.41) is 10.6. The predicted molar refractivity (Wildman–Crippen MR) is 92.7 cm³/mol. The van der Waals surface area contributed by atoms with Crippen LogP contribution < -0.4 is 10.6 Å². The molecule has 7 heteroatoms. The summed E-state index contributed by atoms with van der Waals surface area (Å²) in [5.41, 5.74) is 2.17. The Hall–Kier alpha value is -1.09. The van der Waals surface area contributed by atoms with Crippen LogP contribution in [0.1, 0.15) is 22.9 Å². The minimum Gasteiger partial charge on any atom is -0.444 e. The van der Waals surface area contributed by atoms with Gasteiger partial charge in [0.05, 0.1) is 12.2 Å². The fourth-order valence-electron chi connectivity index (χ4n) is 1.57. The van der Waals surface area contributed by atoms with Crippen LogP contribution in [-0.2, 0) is 13.1 Å². The Bertz CT molecular complexity index is 531. The Balaban J connectivity index is 0.00000200. The molecule has 2 rings (SSSR count). The largest absolute Gasteiger partial charge is 0.444 e. The van der Waals surface area contributed by atoms with Crippen LogP contribution in [0.25, 0.3) is 0 Å². The number of nitrogens with one attached hydrogen (secondary N) is 2. The molecule has 0 aliphatic heterocycles. The lowest BCUT2D eigenvalue weighted by atomic mass is 10.3. The van der Waals surface area contributed by atoms with Gasteiger partial charge in [0.2, 0.25) is 5.89 Å². The lowest BCUT2D eigenvalue weighted by molar-refractivity contribution is 0.463. The molecule has 5 nitrogen and oxygen atoms in total. The summed E-state index contributed by atoms with van der Waals surface area (Å²) < 4.78 is 5.50. The number of hydrogen-bond acceptors (Lipinski definition) is 4. The first-order valence-corrected chi connectivity index (χ1v) is 7.02. The third-order valence-corrected chi connectivity index (χ3v) is 3.48. The fourth-order valence-corrected chi connectivity index (χ4v) is 2.24. The molecule has 0 unspecified atom stereocenters. The van der Waals surface area contributed by atoms with E-state index in [1.54, 1.807) is 18.4 Å². The summed E-state index contributed by atoms with van der Waals surface area (Å²) >= 11 is 1.69. The summed E-state index contributed by atoms with van der Waals surface area (Å²) in [6, 6.07) is 2.09. The van der Waals surface area contributed by atoms with Gasteiger partial charge in [0.15, 0.2) is 5.96 Å². The molecule has 2 heterocycles. The van der Waals surface area contributed by atoms with Gasteiger partial charge in [-0.25, -0.2) is 4.98 Å². The van der Waals surface area contributed by atoms with Crippen LogP contribution >= 0.6 is 35.3 Å². The number of rotatable bonds is 4. The zero-order valence-corrected chi connectivity index (χ0v) is 14.9. The maximum absolute atomic E-state index is 5.50. The monoisotopic (exact) mass is 406 g/mol. The van der Waals surface area contributed by atoms with E-state index in [4.69, 9.17) is 4.42 Å². The lowest BCUT2D eigenvalue weighted by Crippen LogP contribution is -2.36. The second kappa shape index (κ2) is 8.25. The quantitative estimate of drug-likeness (QED) is 0.466. The summed E-state index contributed by atoms with van der Waals surface area (Å²) in [6.45, 7) is 5.13. The summed E-state index contributed by atoms with van der Waals surface area (Å²) in [6.07, 6.45) is 0. The maximum atomic E-state index is 5.50. The number of aryl methyl sites for hydroxylation is 2. The maximum Gasteiger partial charge on any atom is 0.214 e. The second-order valence-corrected chi connectivity index (χ2v) is 4.94. The fraction of sp³-hybridized carbons (Fsp3) is 0.385. The molecular weight excluding hydrogens is 387 g/mol. The van der Waals surface area contributed by atoms with Crippen LogP contribution in [0.4, 0.5) is 0 Å². The predicted octanol–water partition coefficient (Wildman–Crippen LogP) is 2.84. The van der Waals surface area contributed by atoms with Crippen LogP contribution in [0.2, 0.25) is 0 Å². The minimum absolute atomic E-state index is 0. The van der Waals surface area contributed by atoms with E-state index < -0.39 is 0 Å². The topological polar surface area (TPSA) is 62.5 Å². The van der Waals surface area contributed by atoms with Crippen LogP contribution in [0.15, 0.2) is 26.2 Å². The molecule has 2 aromatic rings. The second-order valence-electron chi connectivity index (χ2n) is 4.16. The molecule has 0 saturated carbocycles. The van der Waals surface area contributed by atoms with Crippen LogP contribution in [0.3, 0.4) is 0 Å². The normalized spacial score (nSPS) is 11.1. The average Bonchev–Trinajstić information content (AvgIpc) is 3.01. The van der Waals surface area contributed by atoms with E-state index in [0.717, 1.165) is 24.0 Å². The van der Waals surface area contributed by atoms with Crippen molar-refractivity contribution in [3.05, 3.63) is 39.7 Å². The third kappa shape index (κ3) is 4.78. The first-order valence-electron chi connectivity index (χ1n) is 6.07. The minimum atomic E-state index is 0. The van der Waals surface area contributed by atoms with Gasteiger partial charge in [0, 0.05) is 13.6 Å². The van der Waals surface area contributed by atoms with E-state index in [1.807, 2.05) is 13.8 Å². The average molecular weight is 406 g/mol. The standard InChI is InChI=1S/C13H18N4OS.HI/c1-9-10(2)18-12(17-9)7-16-13(14-3)15-6-11-4-5-19-8-11;/h4-5,8H,6-7H2,1-3H3,(H2,14,15,16);1H. The number of halogens is 1. The molecule has 20 heavy (non-hydrogen) atoms. The molecule has 2 N–H and O–H groups in total. The van der Waals surface area contributed by atoms with Crippen molar-refractivity contribution in [1.82, 2.24) is 15.6 Å². The summed E-state index contributed by atoms with van der Waals surface area (Å²) in [7, 11) is 1.75. The van der Waals surface area contributed by atoms with Gasteiger partial charge in [0.1, 0.15) is 5.76 Å². The van der Waals surface area contributed by atoms with E-state index in [0.29, 0.717) is 12.4 Å². The van der Waals surface area contributed by atoms with Crippen molar-refractivity contribution in [2.45, 2.75) is 26.9 Å². The number of guanidine groups is 1. The molecule has 0 aliphatic carbocycles. The van der Waals surface area contributed by atoms with Crippen molar-refractivity contribution in [3.63, 3.8) is 0 Å². The Morgan fingerprint density at radius 1 is 1.35 bits per heavy atom. The highest BCUT2D eigenvalue weighted by Gasteiger charge is 2.06. The Morgan fingerprint density at radius 2 is 2.10 bits per heavy atom. The van der Waals surface area contributed by atoms with E-state index in [-0.39, 0.29) is 24.0 Å². The van der Waals surface area contributed by atoms with Gasteiger partial charge in [-0.1, -0.05) is 0 Å². The van der Waals surface area contributed by atoms with E-state index >= 15 is 0 Å². The molecule has 0 aliphatic rings. The highest BCUT2D eigenvalue weighted by Crippen LogP contribution is 2.07. The highest BCUT2D eigenvalue weighted by atomic mass is 127. The first kappa shape index (κ1) is 17.0. The van der Waals surface area contributed by atoms with E-state index in [2.05, 4.69) is 37.4 Å². The van der Waals surface area contributed by atoms with Gasteiger partial charge in [-0.2, -0.15) is 11.3 Å². The third-order valence-electron chi connectivity index (χ3n) is 2.74. The van der Waals surface area contributed by atoms with Crippen molar-refractivity contribution in [1.29, 1.82) is 0 Å². The number of aliphatic imine (C=N–C) groups is 1. The highest BCUT2D eigenvalue weighted by molar-refractivity contribution is 14.0. The van der Waals surface area contributed by atoms with E-state index in [1.165, 1.54) is 5.56 Å². The number of oxazole rings is 1. The van der Waals surface area contributed by atoms with Crippen LogP contribution in [0.5, 0.6) is 0 Å². The molecule has 110 valence electrons. The molecule has 0 radical (unpaired) electrons. The number of hydrogen-bond donors (Lipinski definition) is 2. The lowest BCUT2D eigenvalue weighted by Gasteiger charge is -2.09. The molecule has 0 spiro atoms. The molecule has 0 aromatic carbocycles. The zero-order valence-electron chi connectivity index (χ0n) is 11.8. The molecule has 0 amide bonds. The molecule has 0 bridgehead atoms. The Labute approximate surface area is 139 Å². The van der Waals surface area contributed by atoms with Crippen LogP contribution in [-0.4, -0.2) is 18.0 Å². The van der Waals surface area contributed by atoms with Crippen LogP contribution in [0, 0.1) is 13.8 Å². The molecule has 0 fully saturated rings. The molecule has 0 saturated heterocycles. The smallest absolute Gasteiger partial charge is 0.214 e. The van der Waals surface area contributed by atoms with E-state index in [9.17, 15) is 0 Å². The van der Waals surface area contributed by atoms with Gasteiger partial charge >= 0.3 is 0 Å². The van der Waals surface area contributed by atoms with Gasteiger partial charge in [-0.3, -0.25) is 4.99 Å². The Morgan fingerprint density at radius 3 is 2.65 bits per heavy atom. The number of aromatic nitrogens is 1. The Kier molecular flexibility index (Phi) is 7.00. The molecule has 2 aromatic heterocycles. The summed E-state index contributed by atoms with van der Waals surface area (Å²) in [5.74, 6) is 2.27. The zero-order chi connectivity index (χ0) is 13.7. The SMILES string of the molecule is CN=C(NCc1ccsc1)NCc1nc(C)c(C)o1.I. The number of thiophene rings is 1. The molecule has 0 atom stereocenters. The van der Waals surface area contributed by atoms with Crippen molar-refractivity contribution in [3.8, 4) is 0 Å². The number of nitrogens with zero attached hydrogens (tertiary/aromatic N) is 2. The van der Waals surface area contributed by atoms with Crippen molar-refractivity contribution >= 4 is 41.3 Å². The molecular formula is C13H19IN4OS. The van der Waals surface area contributed by atoms with Crippen molar-refractivity contribution in [2.75, 3.05) is 7.05 Å². The summed E-state index contributed by atoms with van der Waals surface area (Å²) in [4.78, 5) is 8.48. The van der Waals surface area contributed by atoms with Crippen molar-refractivity contribution < 1.29 is 4.42 Å². The first-order chi connectivity index (χ1) is 9.19. The van der Waals surface area contributed by atoms with Gasteiger partial charge in [-0.05, 0) is 36.2 Å².